The topological polar surface area (TPSA) is 44.0 Å². The second-order valence-electron chi connectivity index (χ2n) is 2.38. The Kier molecular flexibility index (Phi) is 2.41. The van der Waals surface area contributed by atoms with E-state index in [0.29, 0.717) is 5.57 Å². The van der Waals surface area contributed by atoms with Gasteiger partial charge in [0.25, 0.3) is 0 Å². The predicted molar refractivity (Wildman–Crippen MR) is 35.6 cm³/mol. The van der Waals surface area contributed by atoms with E-state index in [1.54, 1.807) is 13.8 Å². The molecule has 0 heterocycles. The van der Waals surface area contributed by atoms with E-state index < -0.39 is 5.41 Å². The Morgan fingerprint density at radius 3 is 2.33 bits per heavy atom. The van der Waals surface area contributed by atoms with E-state index in [1.165, 1.54) is 0 Å². The van der Waals surface area contributed by atoms with Crippen molar-refractivity contribution in [2.24, 2.45) is 5.41 Å². The highest BCUT2D eigenvalue weighted by molar-refractivity contribution is 5.16. The number of hydrogen-bond donors (Lipinski definition) is 1. The largest absolute Gasteiger partial charge is 0.394 e. The molecule has 0 saturated carbocycles. The Morgan fingerprint density at radius 1 is 1.89 bits per heavy atom. The fourth-order valence-corrected chi connectivity index (χ4v) is 0.266. The smallest absolute Gasteiger partial charge is 0.0979 e. The van der Waals surface area contributed by atoms with Crippen LogP contribution in [0.15, 0.2) is 12.2 Å². The molecular formula is C7H11NO. The summed E-state index contributed by atoms with van der Waals surface area (Å²) in [5.74, 6) is 0. The van der Waals surface area contributed by atoms with Gasteiger partial charge in [0.05, 0.1) is 18.1 Å². The minimum atomic E-state index is -0.750. The van der Waals surface area contributed by atoms with E-state index in [4.69, 9.17) is 10.4 Å². The quantitative estimate of drug-likeness (QED) is 0.561. The third-order valence-corrected chi connectivity index (χ3v) is 1.50. The monoisotopic (exact) mass is 125 g/mol. The maximum atomic E-state index is 8.67. The number of nitrogens with zero attached hydrogens (tertiary/aromatic N) is 1. The summed E-state index contributed by atoms with van der Waals surface area (Å²) in [4.78, 5) is 0. The average Bonchev–Trinajstić information content (AvgIpc) is 1.86. The lowest BCUT2D eigenvalue weighted by molar-refractivity contribution is 0.216. The lowest BCUT2D eigenvalue weighted by atomic mass is 9.87. The molecule has 0 radical (unpaired) electrons. The van der Waals surface area contributed by atoms with Gasteiger partial charge < -0.3 is 5.11 Å². The summed E-state index contributed by atoms with van der Waals surface area (Å²) < 4.78 is 0. The highest BCUT2D eigenvalue weighted by atomic mass is 16.3. The molecule has 0 saturated heterocycles. The molecular weight excluding hydrogens is 114 g/mol. The van der Waals surface area contributed by atoms with Crippen LogP contribution < -0.4 is 0 Å². The summed E-state index contributed by atoms with van der Waals surface area (Å²) in [6.45, 7) is 6.83. The lowest BCUT2D eigenvalue weighted by Gasteiger charge is -2.17. The molecule has 2 nitrogen and oxygen atoms in total. The number of aliphatic hydroxyl groups is 1. The molecule has 0 aliphatic carbocycles. The number of rotatable bonds is 2. The maximum Gasteiger partial charge on any atom is 0.0979 e. The van der Waals surface area contributed by atoms with Gasteiger partial charge in [-0.25, -0.2) is 0 Å². The van der Waals surface area contributed by atoms with Crippen LogP contribution in [-0.4, -0.2) is 11.7 Å². The predicted octanol–water partition coefficient (Wildman–Crippen LogP) is 1.08. The van der Waals surface area contributed by atoms with Crippen molar-refractivity contribution in [2.45, 2.75) is 13.8 Å². The summed E-state index contributed by atoms with van der Waals surface area (Å²) in [5, 5.41) is 17.2. The third-order valence-electron chi connectivity index (χ3n) is 1.50. The van der Waals surface area contributed by atoms with Gasteiger partial charge in [0.15, 0.2) is 0 Å². The summed E-state index contributed by atoms with van der Waals surface area (Å²) in [5.41, 5.74) is -0.0486. The van der Waals surface area contributed by atoms with Crippen LogP contribution in [0.2, 0.25) is 0 Å². The first-order chi connectivity index (χ1) is 4.06. The number of nitriles is 1. The molecule has 0 aromatic heterocycles. The van der Waals surface area contributed by atoms with Crippen LogP contribution in [0.5, 0.6) is 0 Å². The van der Waals surface area contributed by atoms with Gasteiger partial charge in [-0.3, -0.25) is 0 Å². The molecule has 0 aromatic rings. The molecule has 0 aliphatic rings. The molecule has 2 heteroatoms. The molecule has 0 amide bonds. The highest BCUT2D eigenvalue weighted by Crippen LogP contribution is 2.22. The number of aliphatic hydroxyl groups excluding tert-OH is 1. The molecule has 1 atom stereocenters. The van der Waals surface area contributed by atoms with Gasteiger partial charge in [0.2, 0.25) is 0 Å². The van der Waals surface area contributed by atoms with Crippen molar-refractivity contribution in [1.29, 1.82) is 5.26 Å². The van der Waals surface area contributed by atoms with E-state index >= 15 is 0 Å². The maximum absolute atomic E-state index is 8.67. The molecule has 0 fully saturated rings. The first kappa shape index (κ1) is 8.19. The molecule has 0 spiro atoms. The summed E-state index contributed by atoms with van der Waals surface area (Å²) in [7, 11) is 0. The van der Waals surface area contributed by atoms with Gasteiger partial charge in [0.1, 0.15) is 0 Å². The Labute approximate surface area is 55.4 Å². The van der Waals surface area contributed by atoms with Crippen LogP contribution in [0, 0.1) is 16.7 Å². The zero-order chi connectivity index (χ0) is 7.49. The molecule has 1 unspecified atom stereocenters. The summed E-state index contributed by atoms with van der Waals surface area (Å²) >= 11 is 0. The fourth-order valence-electron chi connectivity index (χ4n) is 0.266. The van der Waals surface area contributed by atoms with E-state index in [9.17, 15) is 0 Å². The molecule has 0 rings (SSSR count). The van der Waals surface area contributed by atoms with Crippen molar-refractivity contribution in [1.82, 2.24) is 0 Å². The zero-order valence-corrected chi connectivity index (χ0v) is 5.81. The second kappa shape index (κ2) is 2.65. The van der Waals surface area contributed by atoms with Crippen LogP contribution in [0.25, 0.3) is 0 Å². The fraction of sp³-hybridized carbons (Fsp3) is 0.571. The first-order valence-electron chi connectivity index (χ1n) is 2.75. The van der Waals surface area contributed by atoms with Crippen molar-refractivity contribution in [2.75, 3.05) is 6.61 Å². The van der Waals surface area contributed by atoms with Gasteiger partial charge in [-0.15, -0.1) is 0 Å². The van der Waals surface area contributed by atoms with Crippen LogP contribution in [0.4, 0.5) is 0 Å². The Hall–Kier alpha value is -0.810. The standard InChI is InChI=1S/C7H11NO/c1-6(2)7(3,4-8)5-9/h9H,1,5H2,2-3H3. The average molecular weight is 125 g/mol. The summed E-state index contributed by atoms with van der Waals surface area (Å²) in [6.07, 6.45) is 0. The molecule has 1 N–H and O–H groups in total. The molecule has 9 heavy (non-hydrogen) atoms. The van der Waals surface area contributed by atoms with Crippen LogP contribution in [0.1, 0.15) is 13.8 Å². The molecule has 0 aromatic carbocycles. The van der Waals surface area contributed by atoms with Crippen molar-refractivity contribution in [3.8, 4) is 6.07 Å². The van der Waals surface area contributed by atoms with E-state index in [-0.39, 0.29) is 6.61 Å². The van der Waals surface area contributed by atoms with Crippen LogP contribution in [-0.2, 0) is 0 Å². The van der Waals surface area contributed by atoms with Gasteiger partial charge in [-0.1, -0.05) is 12.2 Å². The van der Waals surface area contributed by atoms with Crippen molar-refractivity contribution < 1.29 is 5.11 Å². The van der Waals surface area contributed by atoms with Crippen LogP contribution >= 0.6 is 0 Å². The first-order valence-corrected chi connectivity index (χ1v) is 2.75. The van der Waals surface area contributed by atoms with Crippen molar-refractivity contribution in [3.63, 3.8) is 0 Å². The molecule has 0 bridgehead atoms. The normalized spacial score (nSPS) is 15.8. The molecule has 0 aliphatic heterocycles. The van der Waals surface area contributed by atoms with Gasteiger partial charge in [-0.2, -0.15) is 5.26 Å². The second-order valence-corrected chi connectivity index (χ2v) is 2.38. The zero-order valence-electron chi connectivity index (χ0n) is 5.81. The van der Waals surface area contributed by atoms with E-state index in [0.717, 1.165) is 0 Å². The summed E-state index contributed by atoms with van der Waals surface area (Å²) in [6, 6.07) is 1.98. The Balaban J connectivity index is 4.33. The van der Waals surface area contributed by atoms with Crippen molar-refractivity contribution in [3.05, 3.63) is 12.2 Å². The minimum absolute atomic E-state index is 0.154. The Bertz CT molecular complexity index is 157. The Morgan fingerprint density at radius 2 is 2.33 bits per heavy atom. The van der Waals surface area contributed by atoms with Gasteiger partial charge >= 0.3 is 0 Å². The van der Waals surface area contributed by atoms with Crippen molar-refractivity contribution >= 4 is 0 Å². The third kappa shape index (κ3) is 1.55. The van der Waals surface area contributed by atoms with Crippen LogP contribution in [0.3, 0.4) is 0 Å². The molecule has 50 valence electrons. The SMILES string of the molecule is C=C(C)C(C)(C#N)CO. The van der Waals surface area contributed by atoms with E-state index in [2.05, 4.69) is 6.58 Å². The minimum Gasteiger partial charge on any atom is -0.394 e. The lowest BCUT2D eigenvalue weighted by Crippen LogP contribution is -2.19. The highest BCUT2D eigenvalue weighted by Gasteiger charge is 2.22. The van der Waals surface area contributed by atoms with E-state index in [1.807, 2.05) is 6.07 Å². The van der Waals surface area contributed by atoms with Gasteiger partial charge in [0, 0.05) is 0 Å². The number of hydrogen-bond acceptors (Lipinski definition) is 2. The van der Waals surface area contributed by atoms with Gasteiger partial charge in [-0.05, 0) is 13.8 Å².